The molecule has 7 heteroatoms. The number of benzene rings is 1. The molecule has 3 rings (SSSR count). The Bertz CT molecular complexity index is 634. The molecule has 0 bridgehead atoms. The standard InChI is InChI=1S/C14H15BrClN5/c15-9-1-3-11(4-2-9)21-6-5-10(7-21)20-14-12(16)13(17)18-8-19-14/h1-4,8,10H,5-7H2,(H3,17,18,19,20). The van der Waals surface area contributed by atoms with Crippen LogP contribution in [0.25, 0.3) is 0 Å². The summed E-state index contributed by atoms with van der Waals surface area (Å²) < 4.78 is 1.09. The summed E-state index contributed by atoms with van der Waals surface area (Å²) >= 11 is 9.56. The van der Waals surface area contributed by atoms with E-state index in [1.165, 1.54) is 12.0 Å². The average Bonchev–Trinajstić information content (AvgIpc) is 2.93. The van der Waals surface area contributed by atoms with E-state index in [-0.39, 0.29) is 0 Å². The van der Waals surface area contributed by atoms with Crippen molar-refractivity contribution in [2.75, 3.05) is 29.0 Å². The van der Waals surface area contributed by atoms with Crippen molar-refractivity contribution in [2.24, 2.45) is 0 Å². The summed E-state index contributed by atoms with van der Waals surface area (Å²) in [7, 11) is 0. The van der Waals surface area contributed by atoms with E-state index in [0.717, 1.165) is 24.0 Å². The minimum atomic E-state index is 0.292. The third kappa shape index (κ3) is 3.22. The maximum Gasteiger partial charge on any atom is 0.150 e. The second-order valence-electron chi connectivity index (χ2n) is 4.97. The molecule has 1 aliphatic heterocycles. The SMILES string of the molecule is Nc1ncnc(NC2CCN(c3ccc(Br)cc3)C2)c1Cl. The number of halogens is 2. The molecule has 1 saturated heterocycles. The lowest BCUT2D eigenvalue weighted by Gasteiger charge is -2.19. The van der Waals surface area contributed by atoms with Crippen LogP contribution in [0.2, 0.25) is 5.02 Å². The fourth-order valence-corrected chi connectivity index (χ4v) is 2.86. The number of nitrogens with zero attached hydrogens (tertiary/aromatic N) is 3. The Balaban J connectivity index is 1.67. The molecule has 1 fully saturated rings. The van der Waals surface area contributed by atoms with Crippen molar-refractivity contribution in [3.05, 3.63) is 40.1 Å². The molecule has 1 unspecified atom stereocenters. The Hall–Kier alpha value is -1.53. The van der Waals surface area contributed by atoms with Crippen LogP contribution in [0.3, 0.4) is 0 Å². The predicted octanol–water partition coefficient (Wildman–Crippen LogP) is 3.17. The highest BCUT2D eigenvalue weighted by atomic mass is 79.9. The molecule has 3 N–H and O–H groups in total. The number of nitrogen functional groups attached to an aromatic ring is 1. The van der Waals surface area contributed by atoms with Gasteiger partial charge in [0.1, 0.15) is 17.2 Å². The van der Waals surface area contributed by atoms with Gasteiger partial charge in [0.25, 0.3) is 0 Å². The Morgan fingerprint density at radius 3 is 2.81 bits per heavy atom. The summed E-state index contributed by atoms with van der Waals surface area (Å²) in [6.07, 6.45) is 2.45. The van der Waals surface area contributed by atoms with Gasteiger partial charge in [0.2, 0.25) is 0 Å². The molecule has 110 valence electrons. The van der Waals surface area contributed by atoms with Crippen LogP contribution in [-0.4, -0.2) is 29.1 Å². The van der Waals surface area contributed by atoms with Gasteiger partial charge < -0.3 is 16.0 Å². The van der Waals surface area contributed by atoms with Crippen molar-refractivity contribution in [1.82, 2.24) is 9.97 Å². The lowest BCUT2D eigenvalue weighted by Crippen LogP contribution is -2.26. The van der Waals surface area contributed by atoms with E-state index in [1.54, 1.807) is 0 Å². The van der Waals surface area contributed by atoms with Gasteiger partial charge >= 0.3 is 0 Å². The summed E-state index contributed by atoms with van der Waals surface area (Å²) in [6.45, 7) is 1.90. The fourth-order valence-electron chi connectivity index (χ4n) is 2.44. The molecule has 2 aromatic rings. The minimum Gasteiger partial charge on any atom is -0.382 e. The van der Waals surface area contributed by atoms with Crippen LogP contribution in [0.5, 0.6) is 0 Å². The van der Waals surface area contributed by atoms with Gasteiger partial charge in [-0.25, -0.2) is 9.97 Å². The summed E-state index contributed by atoms with van der Waals surface area (Å²) in [5.41, 5.74) is 6.91. The Labute approximate surface area is 136 Å². The van der Waals surface area contributed by atoms with Crippen LogP contribution in [0.4, 0.5) is 17.3 Å². The maximum absolute atomic E-state index is 6.11. The third-order valence-electron chi connectivity index (χ3n) is 3.54. The van der Waals surface area contributed by atoms with Gasteiger partial charge in [-0.15, -0.1) is 0 Å². The number of hydrogen-bond acceptors (Lipinski definition) is 5. The highest BCUT2D eigenvalue weighted by Crippen LogP contribution is 2.27. The largest absolute Gasteiger partial charge is 0.382 e. The number of nitrogens with two attached hydrogens (primary N) is 1. The number of anilines is 3. The van der Waals surface area contributed by atoms with Crippen molar-refractivity contribution in [3.63, 3.8) is 0 Å². The van der Waals surface area contributed by atoms with Crippen molar-refractivity contribution < 1.29 is 0 Å². The van der Waals surface area contributed by atoms with Crippen LogP contribution in [0.15, 0.2) is 35.1 Å². The van der Waals surface area contributed by atoms with Crippen molar-refractivity contribution in [1.29, 1.82) is 0 Å². The van der Waals surface area contributed by atoms with Crippen molar-refractivity contribution in [2.45, 2.75) is 12.5 Å². The molecule has 21 heavy (non-hydrogen) atoms. The first-order valence-electron chi connectivity index (χ1n) is 6.66. The summed E-state index contributed by atoms with van der Waals surface area (Å²) in [5.74, 6) is 0.906. The predicted molar refractivity (Wildman–Crippen MR) is 89.8 cm³/mol. The second-order valence-corrected chi connectivity index (χ2v) is 6.27. The Kier molecular flexibility index (Phi) is 4.17. The molecule has 0 amide bonds. The van der Waals surface area contributed by atoms with Gasteiger partial charge in [-0.1, -0.05) is 27.5 Å². The van der Waals surface area contributed by atoms with Crippen molar-refractivity contribution in [3.8, 4) is 0 Å². The molecule has 0 saturated carbocycles. The quantitative estimate of drug-likeness (QED) is 0.871. The normalized spacial score (nSPS) is 18.0. The first-order valence-corrected chi connectivity index (χ1v) is 7.83. The topological polar surface area (TPSA) is 67.1 Å². The van der Waals surface area contributed by atoms with Gasteiger partial charge in [0.05, 0.1) is 0 Å². The van der Waals surface area contributed by atoms with Gasteiger partial charge in [0.15, 0.2) is 5.82 Å². The zero-order chi connectivity index (χ0) is 14.8. The molecule has 0 radical (unpaired) electrons. The lowest BCUT2D eigenvalue weighted by molar-refractivity contribution is 0.800. The minimum absolute atomic E-state index is 0.292. The van der Waals surface area contributed by atoms with Gasteiger partial charge in [-0.2, -0.15) is 0 Å². The number of rotatable bonds is 3. The lowest BCUT2D eigenvalue weighted by atomic mass is 10.2. The fraction of sp³-hybridized carbons (Fsp3) is 0.286. The molecular formula is C14H15BrClN5. The molecule has 2 heterocycles. The zero-order valence-electron chi connectivity index (χ0n) is 11.3. The molecule has 1 aromatic heterocycles. The summed E-state index contributed by atoms with van der Waals surface area (Å²) in [6, 6.07) is 8.63. The van der Waals surface area contributed by atoms with Crippen LogP contribution in [-0.2, 0) is 0 Å². The molecule has 0 spiro atoms. The number of nitrogens with one attached hydrogen (secondary N) is 1. The van der Waals surface area contributed by atoms with Crippen molar-refractivity contribution >= 4 is 44.9 Å². The molecule has 5 nitrogen and oxygen atoms in total. The third-order valence-corrected chi connectivity index (χ3v) is 4.44. The highest BCUT2D eigenvalue weighted by molar-refractivity contribution is 9.10. The summed E-state index contributed by atoms with van der Waals surface area (Å²) in [5, 5.41) is 3.74. The smallest absolute Gasteiger partial charge is 0.150 e. The van der Waals surface area contributed by atoms with E-state index < -0.39 is 0 Å². The number of aromatic nitrogens is 2. The van der Waals surface area contributed by atoms with E-state index in [4.69, 9.17) is 17.3 Å². The molecule has 1 atom stereocenters. The average molecular weight is 369 g/mol. The van der Waals surface area contributed by atoms with Gasteiger partial charge in [0, 0.05) is 29.3 Å². The van der Waals surface area contributed by atoms with Crippen LogP contribution in [0.1, 0.15) is 6.42 Å². The highest BCUT2D eigenvalue weighted by Gasteiger charge is 2.23. The van der Waals surface area contributed by atoms with E-state index in [9.17, 15) is 0 Å². The molecule has 1 aliphatic rings. The summed E-state index contributed by atoms with van der Waals surface area (Å²) in [4.78, 5) is 10.4. The Morgan fingerprint density at radius 1 is 1.29 bits per heavy atom. The first kappa shape index (κ1) is 14.4. The monoisotopic (exact) mass is 367 g/mol. The van der Waals surface area contributed by atoms with Crippen LogP contribution in [0, 0.1) is 0 Å². The Morgan fingerprint density at radius 2 is 2.05 bits per heavy atom. The van der Waals surface area contributed by atoms with E-state index >= 15 is 0 Å². The number of hydrogen-bond donors (Lipinski definition) is 2. The van der Waals surface area contributed by atoms with Crippen LogP contribution >= 0.6 is 27.5 Å². The molecular weight excluding hydrogens is 354 g/mol. The van der Waals surface area contributed by atoms with E-state index in [0.29, 0.717) is 22.7 Å². The second kappa shape index (κ2) is 6.07. The van der Waals surface area contributed by atoms with E-state index in [2.05, 4.69) is 60.4 Å². The van der Waals surface area contributed by atoms with Crippen LogP contribution < -0.4 is 16.0 Å². The van der Waals surface area contributed by atoms with Gasteiger partial charge in [-0.3, -0.25) is 0 Å². The maximum atomic E-state index is 6.11. The molecule has 0 aliphatic carbocycles. The molecule has 1 aromatic carbocycles. The van der Waals surface area contributed by atoms with E-state index in [1.807, 2.05) is 0 Å². The zero-order valence-corrected chi connectivity index (χ0v) is 13.6. The first-order chi connectivity index (χ1) is 10.1. The van der Waals surface area contributed by atoms with Gasteiger partial charge in [-0.05, 0) is 30.7 Å².